The maximum Gasteiger partial charge on any atom is 0.417 e. The standard InChI is InChI=1S/C10H11N3O3/c1-11-9(14)12-5-6-2-3-8-7(4-6)13-10(15)16-8/h2-4H,5H2,1H3,(H,13,15)(H2,11,12,14). The van der Waals surface area contributed by atoms with Gasteiger partial charge in [-0.15, -0.1) is 0 Å². The number of carbonyl (C=O) groups excluding carboxylic acids is 1. The van der Waals surface area contributed by atoms with Crippen molar-refractivity contribution in [2.75, 3.05) is 7.05 Å². The Morgan fingerprint density at radius 1 is 1.50 bits per heavy atom. The van der Waals surface area contributed by atoms with Gasteiger partial charge in [-0.25, -0.2) is 9.59 Å². The van der Waals surface area contributed by atoms with Crippen molar-refractivity contribution in [2.24, 2.45) is 0 Å². The van der Waals surface area contributed by atoms with E-state index in [1.54, 1.807) is 25.2 Å². The van der Waals surface area contributed by atoms with Crippen molar-refractivity contribution in [3.63, 3.8) is 0 Å². The van der Waals surface area contributed by atoms with E-state index in [0.717, 1.165) is 5.56 Å². The summed E-state index contributed by atoms with van der Waals surface area (Å²) in [6.45, 7) is 0.392. The molecule has 0 saturated heterocycles. The molecular weight excluding hydrogens is 210 g/mol. The van der Waals surface area contributed by atoms with Crippen molar-refractivity contribution in [1.29, 1.82) is 0 Å². The zero-order valence-electron chi connectivity index (χ0n) is 8.66. The van der Waals surface area contributed by atoms with Crippen LogP contribution in [-0.2, 0) is 6.54 Å². The van der Waals surface area contributed by atoms with Crippen LogP contribution in [0.3, 0.4) is 0 Å². The van der Waals surface area contributed by atoms with Crippen molar-refractivity contribution in [3.8, 4) is 0 Å². The van der Waals surface area contributed by atoms with Crippen molar-refractivity contribution in [3.05, 3.63) is 34.3 Å². The molecule has 84 valence electrons. The van der Waals surface area contributed by atoms with Gasteiger partial charge in [0.05, 0.1) is 5.52 Å². The quantitative estimate of drug-likeness (QED) is 0.692. The predicted molar refractivity (Wildman–Crippen MR) is 58.1 cm³/mol. The maximum absolute atomic E-state index is 11.0. The second-order valence-corrected chi connectivity index (χ2v) is 3.28. The van der Waals surface area contributed by atoms with Crippen molar-refractivity contribution in [2.45, 2.75) is 6.54 Å². The largest absolute Gasteiger partial charge is 0.417 e. The van der Waals surface area contributed by atoms with Crippen LogP contribution in [0.1, 0.15) is 5.56 Å². The summed E-state index contributed by atoms with van der Waals surface area (Å²) in [5.41, 5.74) is 2.02. The number of hydrogen-bond acceptors (Lipinski definition) is 3. The molecule has 0 aliphatic rings. The Labute approximate surface area is 90.6 Å². The van der Waals surface area contributed by atoms with E-state index in [2.05, 4.69) is 15.6 Å². The Morgan fingerprint density at radius 3 is 3.06 bits per heavy atom. The molecule has 2 amide bonds. The summed E-state index contributed by atoms with van der Waals surface area (Å²) in [6.07, 6.45) is 0. The van der Waals surface area contributed by atoms with E-state index < -0.39 is 5.76 Å². The summed E-state index contributed by atoms with van der Waals surface area (Å²) in [7, 11) is 1.55. The molecule has 0 spiro atoms. The molecule has 0 atom stereocenters. The summed E-state index contributed by atoms with van der Waals surface area (Å²) < 4.78 is 4.86. The lowest BCUT2D eigenvalue weighted by atomic mass is 10.2. The van der Waals surface area contributed by atoms with Gasteiger partial charge in [0.1, 0.15) is 0 Å². The Hall–Kier alpha value is -2.24. The molecule has 0 aliphatic carbocycles. The Bertz CT molecular complexity index is 570. The number of aromatic amines is 1. The first-order valence-electron chi connectivity index (χ1n) is 4.76. The van der Waals surface area contributed by atoms with E-state index in [-0.39, 0.29) is 6.03 Å². The lowest BCUT2D eigenvalue weighted by Gasteiger charge is -2.03. The third kappa shape index (κ3) is 2.05. The predicted octanol–water partition coefficient (Wildman–Crippen LogP) is 0.550. The van der Waals surface area contributed by atoms with Gasteiger partial charge in [-0.05, 0) is 17.7 Å². The second-order valence-electron chi connectivity index (χ2n) is 3.28. The molecular formula is C10H11N3O3. The zero-order valence-corrected chi connectivity index (χ0v) is 8.66. The molecule has 1 heterocycles. The van der Waals surface area contributed by atoms with Crippen LogP contribution in [0.5, 0.6) is 0 Å². The molecule has 3 N–H and O–H groups in total. The molecule has 2 rings (SSSR count). The SMILES string of the molecule is CNC(=O)NCc1ccc2oc(=O)[nH]c2c1. The first-order valence-corrected chi connectivity index (χ1v) is 4.76. The Kier molecular flexibility index (Phi) is 2.63. The lowest BCUT2D eigenvalue weighted by molar-refractivity contribution is 0.242. The van der Waals surface area contributed by atoms with Gasteiger partial charge in [-0.2, -0.15) is 0 Å². The first-order chi connectivity index (χ1) is 7.69. The van der Waals surface area contributed by atoms with Crippen molar-refractivity contribution < 1.29 is 9.21 Å². The highest BCUT2D eigenvalue weighted by atomic mass is 16.4. The smallest absolute Gasteiger partial charge is 0.408 e. The van der Waals surface area contributed by atoms with Crippen LogP contribution in [0.4, 0.5) is 4.79 Å². The maximum atomic E-state index is 11.0. The minimum Gasteiger partial charge on any atom is -0.408 e. The summed E-state index contributed by atoms with van der Waals surface area (Å²) >= 11 is 0. The van der Waals surface area contributed by atoms with Gasteiger partial charge >= 0.3 is 11.8 Å². The van der Waals surface area contributed by atoms with Crippen LogP contribution in [0, 0.1) is 0 Å². The van der Waals surface area contributed by atoms with E-state index in [0.29, 0.717) is 17.6 Å². The molecule has 16 heavy (non-hydrogen) atoms. The van der Waals surface area contributed by atoms with Gasteiger partial charge in [-0.1, -0.05) is 6.07 Å². The number of nitrogens with one attached hydrogen (secondary N) is 3. The summed E-state index contributed by atoms with van der Waals surface area (Å²) in [4.78, 5) is 24.4. The molecule has 0 unspecified atom stereocenters. The minimum atomic E-state index is -0.480. The molecule has 0 bridgehead atoms. The van der Waals surface area contributed by atoms with E-state index in [1.165, 1.54) is 0 Å². The Balaban J connectivity index is 2.19. The molecule has 1 aromatic carbocycles. The number of urea groups is 1. The molecule has 0 fully saturated rings. The fourth-order valence-corrected chi connectivity index (χ4v) is 1.38. The van der Waals surface area contributed by atoms with E-state index >= 15 is 0 Å². The third-order valence-corrected chi connectivity index (χ3v) is 2.16. The molecule has 2 aromatic rings. The number of H-pyrrole nitrogens is 1. The highest BCUT2D eigenvalue weighted by molar-refractivity contribution is 5.75. The summed E-state index contributed by atoms with van der Waals surface area (Å²) in [5.74, 6) is -0.480. The van der Waals surface area contributed by atoms with Crippen LogP contribution in [0.15, 0.2) is 27.4 Å². The number of hydrogen-bond donors (Lipinski definition) is 3. The number of aromatic nitrogens is 1. The van der Waals surface area contributed by atoms with Gasteiger partial charge in [0.2, 0.25) is 0 Å². The van der Waals surface area contributed by atoms with Gasteiger partial charge in [0, 0.05) is 13.6 Å². The van der Waals surface area contributed by atoms with E-state index in [9.17, 15) is 9.59 Å². The fourth-order valence-electron chi connectivity index (χ4n) is 1.38. The van der Waals surface area contributed by atoms with Crippen LogP contribution >= 0.6 is 0 Å². The zero-order chi connectivity index (χ0) is 11.5. The molecule has 0 radical (unpaired) electrons. The summed E-state index contributed by atoms with van der Waals surface area (Å²) in [6, 6.07) is 4.99. The van der Waals surface area contributed by atoms with Crippen LogP contribution in [0.25, 0.3) is 11.1 Å². The number of benzene rings is 1. The fraction of sp³-hybridized carbons (Fsp3) is 0.200. The normalized spacial score (nSPS) is 10.3. The minimum absolute atomic E-state index is 0.249. The number of rotatable bonds is 2. The molecule has 6 heteroatoms. The lowest BCUT2D eigenvalue weighted by Crippen LogP contribution is -2.32. The highest BCUT2D eigenvalue weighted by Crippen LogP contribution is 2.11. The monoisotopic (exact) mass is 221 g/mol. The third-order valence-electron chi connectivity index (χ3n) is 2.16. The Morgan fingerprint density at radius 2 is 2.31 bits per heavy atom. The molecule has 0 aliphatic heterocycles. The van der Waals surface area contributed by atoms with E-state index in [1.807, 2.05) is 0 Å². The topological polar surface area (TPSA) is 87.1 Å². The van der Waals surface area contributed by atoms with Gasteiger partial charge in [0.15, 0.2) is 5.58 Å². The van der Waals surface area contributed by atoms with Crippen LogP contribution < -0.4 is 16.4 Å². The summed E-state index contributed by atoms with van der Waals surface area (Å²) in [5, 5.41) is 5.10. The van der Waals surface area contributed by atoms with Crippen molar-refractivity contribution in [1.82, 2.24) is 15.6 Å². The van der Waals surface area contributed by atoms with Crippen LogP contribution in [0.2, 0.25) is 0 Å². The second kappa shape index (κ2) is 4.09. The number of carbonyl (C=O) groups is 1. The van der Waals surface area contributed by atoms with Gasteiger partial charge < -0.3 is 15.1 Å². The average Bonchev–Trinajstić information content (AvgIpc) is 2.65. The molecule has 1 aromatic heterocycles. The first kappa shape index (κ1) is 10.3. The van der Waals surface area contributed by atoms with Gasteiger partial charge in [-0.3, -0.25) is 4.98 Å². The van der Waals surface area contributed by atoms with Crippen LogP contribution in [-0.4, -0.2) is 18.1 Å². The van der Waals surface area contributed by atoms with Gasteiger partial charge in [0.25, 0.3) is 0 Å². The number of oxazole rings is 1. The molecule has 0 saturated carbocycles. The number of fused-ring (bicyclic) bond motifs is 1. The molecule has 6 nitrogen and oxygen atoms in total. The number of amides is 2. The average molecular weight is 221 g/mol. The van der Waals surface area contributed by atoms with Crippen molar-refractivity contribution >= 4 is 17.1 Å². The highest BCUT2D eigenvalue weighted by Gasteiger charge is 2.02. The van der Waals surface area contributed by atoms with E-state index in [4.69, 9.17) is 4.42 Å².